The molecule has 1 aliphatic rings. The van der Waals surface area contributed by atoms with Crippen molar-refractivity contribution in [3.05, 3.63) is 65.5 Å². The van der Waals surface area contributed by atoms with Gasteiger partial charge in [0.05, 0.1) is 11.3 Å². The van der Waals surface area contributed by atoms with Crippen LogP contribution in [0.5, 0.6) is 5.75 Å². The Balaban J connectivity index is 1.60. The maximum Gasteiger partial charge on any atom is 0.255 e. The monoisotopic (exact) mass is 405 g/mol. The number of hydrogen-bond acceptors (Lipinski definition) is 5. The quantitative estimate of drug-likeness (QED) is 0.620. The second kappa shape index (κ2) is 9.13. The molecule has 3 aromatic rings. The molecule has 0 bridgehead atoms. The zero-order valence-corrected chi connectivity index (χ0v) is 17.4. The first-order valence-corrected chi connectivity index (χ1v) is 10.4. The summed E-state index contributed by atoms with van der Waals surface area (Å²) in [4.78, 5) is 12.6. The predicted molar refractivity (Wildman–Crippen MR) is 117 cm³/mol. The first-order valence-electron chi connectivity index (χ1n) is 10.4. The summed E-state index contributed by atoms with van der Waals surface area (Å²) in [5.41, 5.74) is 3.87. The standard InChI is InChI=1S/C24H27N3O3/c1-16-23(17(2)30-27-16)21-14-19(26-24(28)18-8-4-3-5-9-18)11-12-22(21)29-15-20-10-6-7-13-25-20/h3-5,8-9,11-12,14,20,25H,6-7,10,13,15H2,1-2H3,(H,26,28). The fourth-order valence-electron chi connectivity index (χ4n) is 3.85. The molecule has 2 aromatic carbocycles. The van der Waals surface area contributed by atoms with Crippen molar-refractivity contribution in [1.29, 1.82) is 0 Å². The number of aryl methyl sites for hydroxylation is 2. The van der Waals surface area contributed by atoms with Gasteiger partial charge in [0.2, 0.25) is 0 Å². The summed E-state index contributed by atoms with van der Waals surface area (Å²) in [5, 5.41) is 10.6. The molecule has 2 heterocycles. The molecule has 0 spiro atoms. The van der Waals surface area contributed by atoms with Gasteiger partial charge in [0, 0.05) is 22.9 Å². The van der Waals surface area contributed by atoms with Crippen molar-refractivity contribution in [3.8, 4) is 16.9 Å². The lowest BCUT2D eigenvalue weighted by molar-refractivity contribution is 0.102. The van der Waals surface area contributed by atoms with Gasteiger partial charge in [-0.05, 0) is 63.6 Å². The molecule has 2 N–H and O–H groups in total. The van der Waals surface area contributed by atoms with E-state index in [9.17, 15) is 4.79 Å². The lowest BCUT2D eigenvalue weighted by Gasteiger charge is -2.24. The summed E-state index contributed by atoms with van der Waals surface area (Å²) in [5.74, 6) is 1.33. The number of benzene rings is 2. The summed E-state index contributed by atoms with van der Waals surface area (Å²) in [7, 11) is 0. The van der Waals surface area contributed by atoms with E-state index >= 15 is 0 Å². The van der Waals surface area contributed by atoms with Crippen LogP contribution >= 0.6 is 0 Å². The Morgan fingerprint density at radius 3 is 2.73 bits per heavy atom. The number of carbonyl (C=O) groups is 1. The van der Waals surface area contributed by atoms with E-state index < -0.39 is 0 Å². The third-order valence-electron chi connectivity index (χ3n) is 5.43. The molecule has 0 radical (unpaired) electrons. The van der Waals surface area contributed by atoms with Crippen molar-refractivity contribution in [2.24, 2.45) is 0 Å². The first kappa shape index (κ1) is 20.2. The molecule has 1 amide bonds. The molecule has 0 saturated carbocycles. The number of amides is 1. The lowest BCUT2D eigenvalue weighted by atomic mass is 10.0. The number of anilines is 1. The normalized spacial score (nSPS) is 16.3. The van der Waals surface area contributed by atoms with Crippen molar-refractivity contribution in [3.63, 3.8) is 0 Å². The molecule has 1 aliphatic heterocycles. The van der Waals surface area contributed by atoms with Crippen LogP contribution < -0.4 is 15.4 Å². The van der Waals surface area contributed by atoms with Gasteiger partial charge in [0.25, 0.3) is 5.91 Å². The molecule has 6 nitrogen and oxygen atoms in total. The third-order valence-corrected chi connectivity index (χ3v) is 5.43. The topological polar surface area (TPSA) is 76.4 Å². The van der Waals surface area contributed by atoms with Crippen LogP contribution in [-0.4, -0.2) is 30.3 Å². The number of rotatable bonds is 6. The second-order valence-corrected chi connectivity index (χ2v) is 7.69. The van der Waals surface area contributed by atoms with Crippen LogP contribution in [0.15, 0.2) is 53.1 Å². The van der Waals surface area contributed by atoms with Gasteiger partial charge in [-0.25, -0.2) is 0 Å². The zero-order valence-electron chi connectivity index (χ0n) is 17.4. The number of carbonyl (C=O) groups excluding carboxylic acids is 1. The summed E-state index contributed by atoms with van der Waals surface area (Å²) < 4.78 is 11.6. The Bertz CT molecular complexity index is 988. The molecule has 1 saturated heterocycles. The summed E-state index contributed by atoms with van der Waals surface area (Å²) in [6.45, 7) is 5.44. The van der Waals surface area contributed by atoms with Gasteiger partial charge in [-0.1, -0.05) is 29.8 Å². The second-order valence-electron chi connectivity index (χ2n) is 7.69. The number of nitrogens with zero attached hydrogens (tertiary/aromatic N) is 1. The highest BCUT2D eigenvalue weighted by Crippen LogP contribution is 2.37. The van der Waals surface area contributed by atoms with Crippen LogP contribution in [0.25, 0.3) is 11.1 Å². The van der Waals surface area contributed by atoms with Gasteiger partial charge in [-0.15, -0.1) is 0 Å². The average molecular weight is 405 g/mol. The van der Waals surface area contributed by atoms with Crippen LogP contribution in [0, 0.1) is 13.8 Å². The van der Waals surface area contributed by atoms with Crippen LogP contribution in [-0.2, 0) is 0 Å². The Kier molecular flexibility index (Phi) is 6.14. The molecule has 4 rings (SSSR count). The Hall–Kier alpha value is -3.12. The van der Waals surface area contributed by atoms with Crippen molar-refractivity contribution in [2.75, 3.05) is 18.5 Å². The van der Waals surface area contributed by atoms with Gasteiger partial charge in [0.1, 0.15) is 18.1 Å². The minimum atomic E-state index is -0.152. The first-order chi connectivity index (χ1) is 14.6. The van der Waals surface area contributed by atoms with Gasteiger partial charge >= 0.3 is 0 Å². The highest BCUT2D eigenvalue weighted by molar-refractivity contribution is 6.04. The maximum absolute atomic E-state index is 12.6. The third kappa shape index (κ3) is 4.54. The van der Waals surface area contributed by atoms with E-state index in [0.717, 1.165) is 41.3 Å². The predicted octanol–water partition coefficient (Wildman–Crippen LogP) is 4.73. The minimum Gasteiger partial charge on any atom is -0.491 e. The van der Waals surface area contributed by atoms with Crippen LogP contribution in [0.2, 0.25) is 0 Å². The van der Waals surface area contributed by atoms with Crippen LogP contribution in [0.1, 0.15) is 41.1 Å². The minimum absolute atomic E-state index is 0.152. The van der Waals surface area contributed by atoms with Crippen LogP contribution in [0.4, 0.5) is 5.69 Å². The molecule has 1 unspecified atom stereocenters. The zero-order chi connectivity index (χ0) is 20.9. The molecule has 6 heteroatoms. The molecular weight excluding hydrogens is 378 g/mol. The molecule has 30 heavy (non-hydrogen) atoms. The molecular formula is C24H27N3O3. The van der Waals surface area contributed by atoms with E-state index in [2.05, 4.69) is 15.8 Å². The van der Waals surface area contributed by atoms with E-state index in [1.54, 1.807) is 12.1 Å². The fraction of sp³-hybridized carbons (Fsp3) is 0.333. The molecule has 156 valence electrons. The van der Waals surface area contributed by atoms with E-state index in [1.165, 1.54) is 12.8 Å². The molecule has 1 atom stereocenters. The summed E-state index contributed by atoms with van der Waals surface area (Å²) in [6, 6.07) is 15.2. The number of nitrogens with one attached hydrogen (secondary N) is 2. The highest BCUT2D eigenvalue weighted by atomic mass is 16.5. The smallest absolute Gasteiger partial charge is 0.255 e. The Labute approximate surface area is 176 Å². The summed E-state index contributed by atoms with van der Waals surface area (Å²) >= 11 is 0. The maximum atomic E-state index is 12.6. The summed E-state index contributed by atoms with van der Waals surface area (Å²) in [6.07, 6.45) is 3.56. The number of aromatic nitrogens is 1. The Morgan fingerprint density at radius 2 is 2.03 bits per heavy atom. The highest BCUT2D eigenvalue weighted by Gasteiger charge is 2.19. The number of piperidine rings is 1. The van der Waals surface area contributed by atoms with Crippen molar-refractivity contribution < 1.29 is 14.1 Å². The van der Waals surface area contributed by atoms with Crippen molar-refractivity contribution >= 4 is 11.6 Å². The van der Waals surface area contributed by atoms with Gasteiger partial charge in [-0.2, -0.15) is 0 Å². The van der Waals surface area contributed by atoms with Crippen molar-refractivity contribution in [1.82, 2.24) is 10.5 Å². The van der Waals surface area contributed by atoms with E-state index in [1.807, 2.05) is 50.2 Å². The Morgan fingerprint density at radius 1 is 1.20 bits per heavy atom. The molecule has 1 aromatic heterocycles. The van der Waals surface area contributed by atoms with E-state index in [4.69, 9.17) is 9.26 Å². The van der Waals surface area contributed by atoms with Gasteiger partial charge < -0.3 is 19.9 Å². The fourth-order valence-corrected chi connectivity index (χ4v) is 3.85. The van der Waals surface area contributed by atoms with Crippen molar-refractivity contribution in [2.45, 2.75) is 39.2 Å². The van der Waals surface area contributed by atoms with E-state index in [0.29, 0.717) is 23.9 Å². The van der Waals surface area contributed by atoms with Gasteiger partial charge in [-0.3, -0.25) is 4.79 Å². The lowest BCUT2D eigenvalue weighted by Crippen LogP contribution is -2.38. The molecule has 1 fully saturated rings. The van der Waals surface area contributed by atoms with Crippen LogP contribution in [0.3, 0.4) is 0 Å². The molecule has 0 aliphatic carbocycles. The van der Waals surface area contributed by atoms with E-state index in [-0.39, 0.29) is 5.91 Å². The average Bonchev–Trinajstić information content (AvgIpc) is 3.12. The number of ether oxygens (including phenoxy) is 1. The largest absolute Gasteiger partial charge is 0.491 e. The number of hydrogen-bond donors (Lipinski definition) is 2. The van der Waals surface area contributed by atoms with Gasteiger partial charge in [0.15, 0.2) is 0 Å². The SMILES string of the molecule is Cc1noc(C)c1-c1cc(NC(=O)c2ccccc2)ccc1OCC1CCCCN1.